The largest absolute Gasteiger partial charge is 0.398 e. The summed E-state index contributed by atoms with van der Waals surface area (Å²) < 4.78 is 26.0. The fraction of sp³-hybridized carbons (Fsp3) is 0.364. The quantitative estimate of drug-likeness (QED) is 0.446. The summed E-state index contributed by atoms with van der Waals surface area (Å²) in [4.78, 5) is 21.2. The van der Waals surface area contributed by atoms with Crippen molar-refractivity contribution < 1.29 is 18.1 Å². The van der Waals surface area contributed by atoms with Crippen molar-refractivity contribution in [3.05, 3.63) is 28.3 Å². The van der Waals surface area contributed by atoms with Gasteiger partial charge in [-0.2, -0.15) is 4.31 Å². The second kappa shape index (κ2) is 5.66. The molecule has 1 heterocycles. The van der Waals surface area contributed by atoms with Crippen LogP contribution >= 0.6 is 0 Å². The Morgan fingerprint density at radius 3 is 2.76 bits per heavy atom. The van der Waals surface area contributed by atoms with Crippen molar-refractivity contribution in [3.63, 3.8) is 0 Å². The standard InChI is InChI=1S/C11H14N4O5S/c12-9-3-2-8(15(17)18)6-10(9)21(19,20)14-5-1-4-13-11(16)7-14/h2-3,6H,1,4-5,7,12H2,(H,13,16). The third kappa shape index (κ3) is 3.11. The fourth-order valence-corrected chi connectivity index (χ4v) is 3.55. The molecule has 1 amide bonds. The van der Waals surface area contributed by atoms with Gasteiger partial charge in [0.15, 0.2) is 0 Å². The van der Waals surface area contributed by atoms with Gasteiger partial charge >= 0.3 is 0 Å². The maximum absolute atomic E-state index is 12.5. The van der Waals surface area contributed by atoms with Crippen LogP contribution < -0.4 is 11.1 Å². The number of nitrogen functional groups attached to an aromatic ring is 1. The molecule has 1 saturated heterocycles. The highest BCUT2D eigenvalue weighted by Gasteiger charge is 2.30. The molecule has 0 saturated carbocycles. The first-order chi connectivity index (χ1) is 9.82. The minimum absolute atomic E-state index is 0.0924. The van der Waals surface area contributed by atoms with Crippen molar-refractivity contribution in [2.45, 2.75) is 11.3 Å². The SMILES string of the molecule is Nc1ccc([N+](=O)[O-])cc1S(=O)(=O)N1CCCNC(=O)C1. The first kappa shape index (κ1) is 15.2. The van der Waals surface area contributed by atoms with E-state index in [2.05, 4.69) is 5.32 Å². The first-order valence-electron chi connectivity index (χ1n) is 6.13. The molecule has 0 aliphatic carbocycles. The zero-order chi connectivity index (χ0) is 15.6. The van der Waals surface area contributed by atoms with Gasteiger partial charge in [-0.25, -0.2) is 8.42 Å². The van der Waals surface area contributed by atoms with Crippen molar-refractivity contribution in [2.75, 3.05) is 25.4 Å². The number of nitrogens with two attached hydrogens (primary N) is 1. The number of anilines is 1. The summed E-state index contributed by atoms with van der Waals surface area (Å²) >= 11 is 0. The minimum atomic E-state index is -4.06. The lowest BCUT2D eigenvalue weighted by atomic mass is 10.3. The molecule has 0 atom stereocenters. The number of carbonyl (C=O) groups excluding carboxylic acids is 1. The van der Waals surface area contributed by atoms with Crippen LogP contribution in [0.5, 0.6) is 0 Å². The Bertz CT molecular complexity index is 688. The zero-order valence-corrected chi connectivity index (χ0v) is 11.8. The van der Waals surface area contributed by atoms with Crippen molar-refractivity contribution in [1.82, 2.24) is 9.62 Å². The summed E-state index contributed by atoms with van der Waals surface area (Å²) in [5, 5.41) is 13.3. The number of rotatable bonds is 3. The molecule has 0 aromatic heterocycles. The molecular weight excluding hydrogens is 300 g/mol. The minimum Gasteiger partial charge on any atom is -0.398 e. The van der Waals surface area contributed by atoms with E-state index < -0.39 is 20.9 Å². The van der Waals surface area contributed by atoms with E-state index in [-0.39, 0.29) is 29.4 Å². The average Bonchev–Trinajstić information content (AvgIpc) is 2.64. The molecule has 1 fully saturated rings. The molecule has 2 rings (SSSR count). The number of amides is 1. The zero-order valence-electron chi connectivity index (χ0n) is 11.0. The lowest BCUT2D eigenvalue weighted by molar-refractivity contribution is -0.385. The van der Waals surface area contributed by atoms with Crippen LogP contribution in [0.4, 0.5) is 11.4 Å². The number of nitrogens with one attached hydrogen (secondary N) is 1. The van der Waals surface area contributed by atoms with Gasteiger partial charge in [0.1, 0.15) is 4.90 Å². The molecule has 1 aliphatic heterocycles. The second-order valence-electron chi connectivity index (χ2n) is 4.52. The first-order valence-corrected chi connectivity index (χ1v) is 7.57. The van der Waals surface area contributed by atoms with E-state index in [9.17, 15) is 23.3 Å². The van der Waals surface area contributed by atoms with E-state index >= 15 is 0 Å². The van der Waals surface area contributed by atoms with Gasteiger partial charge < -0.3 is 11.1 Å². The molecule has 0 unspecified atom stereocenters. The van der Waals surface area contributed by atoms with Gasteiger partial charge in [0.25, 0.3) is 5.69 Å². The number of hydrogen-bond acceptors (Lipinski definition) is 6. The molecule has 0 spiro atoms. The Morgan fingerprint density at radius 1 is 1.38 bits per heavy atom. The van der Waals surface area contributed by atoms with Crippen LogP contribution in [-0.4, -0.2) is 43.2 Å². The summed E-state index contributed by atoms with van der Waals surface area (Å²) in [6, 6.07) is 3.21. The van der Waals surface area contributed by atoms with Crippen LogP contribution in [0.1, 0.15) is 6.42 Å². The number of sulfonamides is 1. The normalized spacial score (nSPS) is 17.0. The van der Waals surface area contributed by atoms with Crippen LogP contribution in [-0.2, 0) is 14.8 Å². The Balaban J connectivity index is 2.45. The van der Waals surface area contributed by atoms with Crippen LogP contribution in [0, 0.1) is 10.1 Å². The Morgan fingerprint density at radius 2 is 2.10 bits per heavy atom. The second-order valence-corrected chi connectivity index (χ2v) is 6.43. The number of hydrogen-bond donors (Lipinski definition) is 2. The van der Waals surface area contributed by atoms with Gasteiger partial charge in [-0.3, -0.25) is 14.9 Å². The van der Waals surface area contributed by atoms with E-state index in [4.69, 9.17) is 5.73 Å². The number of nitrogens with zero attached hydrogens (tertiary/aromatic N) is 2. The maximum atomic E-state index is 12.5. The van der Waals surface area contributed by atoms with E-state index in [0.717, 1.165) is 16.4 Å². The molecule has 114 valence electrons. The Labute approximate surface area is 120 Å². The Kier molecular flexibility index (Phi) is 4.09. The topological polar surface area (TPSA) is 136 Å². The summed E-state index contributed by atoms with van der Waals surface area (Å²) in [6.07, 6.45) is 0.458. The number of non-ortho nitro benzene ring substituents is 1. The smallest absolute Gasteiger partial charge is 0.270 e. The van der Waals surface area contributed by atoms with Gasteiger partial charge in [-0.15, -0.1) is 0 Å². The van der Waals surface area contributed by atoms with Crippen LogP contribution in [0.3, 0.4) is 0 Å². The van der Waals surface area contributed by atoms with Gasteiger partial charge in [0, 0.05) is 25.2 Å². The molecule has 1 aliphatic rings. The van der Waals surface area contributed by atoms with Crippen molar-refractivity contribution in [3.8, 4) is 0 Å². The summed E-state index contributed by atoms with van der Waals surface area (Å²) in [6.45, 7) is 0.197. The highest BCUT2D eigenvalue weighted by Crippen LogP contribution is 2.27. The summed E-state index contributed by atoms with van der Waals surface area (Å²) in [5.41, 5.74) is 5.16. The highest BCUT2D eigenvalue weighted by atomic mass is 32.2. The van der Waals surface area contributed by atoms with Crippen LogP contribution in [0.25, 0.3) is 0 Å². The molecule has 1 aromatic carbocycles. The number of nitro groups is 1. The molecule has 1 aromatic rings. The van der Waals surface area contributed by atoms with Gasteiger partial charge in [0.2, 0.25) is 15.9 Å². The van der Waals surface area contributed by atoms with E-state index in [1.54, 1.807) is 0 Å². The molecule has 0 bridgehead atoms. The third-order valence-corrected chi connectivity index (χ3v) is 4.95. The Hall–Kier alpha value is -2.20. The molecule has 10 heteroatoms. The van der Waals surface area contributed by atoms with Crippen LogP contribution in [0.15, 0.2) is 23.1 Å². The van der Waals surface area contributed by atoms with Gasteiger partial charge in [-0.1, -0.05) is 0 Å². The summed E-state index contributed by atoms with van der Waals surface area (Å²) in [5.74, 6) is -0.417. The van der Waals surface area contributed by atoms with Crippen LogP contribution in [0.2, 0.25) is 0 Å². The van der Waals surface area contributed by atoms with E-state index in [0.29, 0.717) is 13.0 Å². The van der Waals surface area contributed by atoms with Gasteiger partial charge in [0.05, 0.1) is 17.2 Å². The molecule has 21 heavy (non-hydrogen) atoms. The maximum Gasteiger partial charge on any atom is 0.270 e. The highest BCUT2D eigenvalue weighted by molar-refractivity contribution is 7.89. The molecule has 0 radical (unpaired) electrons. The predicted octanol–water partition coefficient (Wildman–Crippen LogP) is -0.312. The lowest BCUT2D eigenvalue weighted by Crippen LogP contribution is -2.37. The predicted molar refractivity (Wildman–Crippen MR) is 73.9 cm³/mol. The number of benzene rings is 1. The van der Waals surface area contributed by atoms with Crippen molar-refractivity contribution >= 4 is 27.3 Å². The molecule has 3 N–H and O–H groups in total. The van der Waals surface area contributed by atoms with Gasteiger partial charge in [-0.05, 0) is 12.5 Å². The lowest BCUT2D eigenvalue weighted by Gasteiger charge is -2.19. The van der Waals surface area contributed by atoms with E-state index in [1.807, 2.05) is 0 Å². The number of carbonyl (C=O) groups is 1. The average molecular weight is 314 g/mol. The third-order valence-electron chi connectivity index (χ3n) is 3.05. The van der Waals surface area contributed by atoms with Crippen molar-refractivity contribution in [1.29, 1.82) is 0 Å². The summed E-state index contributed by atoms with van der Waals surface area (Å²) in [7, 11) is -4.06. The fourth-order valence-electron chi connectivity index (χ4n) is 1.98. The number of nitro benzene ring substituents is 1. The van der Waals surface area contributed by atoms with E-state index in [1.165, 1.54) is 6.07 Å². The molecule has 9 nitrogen and oxygen atoms in total. The molecular formula is C11H14N4O5S. The van der Waals surface area contributed by atoms with Crippen molar-refractivity contribution in [2.24, 2.45) is 0 Å². The monoisotopic (exact) mass is 314 g/mol.